The van der Waals surface area contributed by atoms with E-state index in [1.165, 1.54) is 41.5 Å². The minimum absolute atomic E-state index is 0.118. The molecular weight excluding hydrogens is 410 g/mol. The first-order chi connectivity index (χ1) is 13.7. The zero-order chi connectivity index (χ0) is 19.1. The van der Waals surface area contributed by atoms with E-state index in [0.29, 0.717) is 11.8 Å². The number of benzene rings is 1. The Labute approximate surface area is 175 Å². The third-order valence-electron chi connectivity index (χ3n) is 4.82. The standard InChI is InChI=1S/C19H19N5OS3/c1-11-20-15(9-26-11)12-2-5-16-13(8-12)6-7-24(16)17(25)10-27-19-23-22-18(28-19)21-14-3-4-14/h2,5,8-9,14H,3-4,6-7,10H2,1H3,(H,21,22). The van der Waals surface area contributed by atoms with Crippen molar-refractivity contribution in [3.63, 3.8) is 0 Å². The maximum Gasteiger partial charge on any atom is 0.237 e. The predicted molar refractivity (Wildman–Crippen MR) is 116 cm³/mol. The summed E-state index contributed by atoms with van der Waals surface area (Å²) < 4.78 is 0.838. The average Bonchev–Trinajstić information content (AvgIpc) is 3.08. The van der Waals surface area contributed by atoms with Crippen LogP contribution in [0.5, 0.6) is 0 Å². The molecular formula is C19H19N5OS3. The number of thioether (sulfide) groups is 1. The van der Waals surface area contributed by atoms with Gasteiger partial charge < -0.3 is 10.2 Å². The Balaban J connectivity index is 1.24. The molecule has 1 fully saturated rings. The van der Waals surface area contributed by atoms with Crippen LogP contribution in [0.2, 0.25) is 0 Å². The predicted octanol–water partition coefficient (Wildman–Crippen LogP) is 4.23. The summed E-state index contributed by atoms with van der Waals surface area (Å²) in [5, 5.41) is 15.7. The lowest BCUT2D eigenvalue weighted by Gasteiger charge is -2.17. The zero-order valence-electron chi connectivity index (χ0n) is 15.3. The minimum atomic E-state index is 0.118. The smallest absolute Gasteiger partial charge is 0.237 e. The minimum Gasteiger partial charge on any atom is -0.357 e. The number of amides is 1. The van der Waals surface area contributed by atoms with E-state index >= 15 is 0 Å². The van der Waals surface area contributed by atoms with Crippen molar-refractivity contribution in [3.8, 4) is 11.3 Å². The number of carbonyl (C=O) groups excluding carboxylic acids is 1. The highest BCUT2D eigenvalue weighted by molar-refractivity contribution is 8.01. The Morgan fingerprint density at radius 1 is 1.36 bits per heavy atom. The van der Waals surface area contributed by atoms with Gasteiger partial charge in [0, 0.05) is 29.2 Å². The maximum atomic E-state index is 12.8. The molecule has 1 aliphatic carbocycles. The van der Waals surface area contributed by atoms with E-state index in [0.717, 1.165) is 44.4 Å². The summed E-state index contributed by atoms with van der Waals surface area (Å²) in [6.07, 6.45) is 3.30. The number of aryl methyl sites for hydroxylation is 1. The molecule has 2 aromatic heterocycles. The lowest BCUT2D eigenvalue weighted by molar-refractivity contribution is -0.116. The van der Waals surface area contributed by atoms with E-state index in [9.17, 15) is 4.79 Å². The number of nitrogens with one attached hydrogen (secondary N) is 1. The molecule has 0 unspecified atom stereocenters. The van der Waals surface area contributed by atoms with Crippen LogP contribution in [0.25, 0.3) is 11.3 Å². The van der Waals surface area contributed by atoms with Gasteiger partial charge in [0.2, 0.25) is 11.0 Å². The third-order valence-corrected chi connectivity index (χ3v) is 7.57. The molecule has 1 saturated carbocycles. The van der Waals surface area contributed by atoms with Crippen LogP contribution >= 0.6 is 34.4 Å². The molecule has 0 atom stereocenters. The number of hydrogen-bond donors (Lipinski definition) is 1. The van der Waals surface area contributed by atoms with Crippen molar-refractivity contribution in [2.75, 3.05) is 22.5 Å². The Morgan fingerprint density at radius 2 is 2.25 bits per heavy atom. The van der Waals surface area contributed by atoms with Gasteiger partial charge in [0.25, 0.3) is 0 Å². The number of hydrogen-bond acceptors (Lipinski definition) is 8. The number of carbonyl (C=O) groups is 1. The first-order valence-corrected chi connectivity index (χ1v) is 11.9. The van der Waals surface area contributed by atoms with Crippen molar-refractivity contribution >= 4 is 51.2 Å². The van der Waals surface area contributed by atoms with Crippen molar-refractivity contribution < 1.29 is 4.79 Å². The summed E-state index contributed by atoms with van der Waals surface area (Å²) in [7, 11) is 0. The second-order valence-corrected chi connectivity index (χ2v) is 10.2. The summed E-state index contributed by atoms with van der Waals surface area (Å²) in [4.78, 5) is 19.2. The van der Waals surface area contributed by atoms with E-state index in [-0.39, 0.29) is 5.91 Å². The monoisotopic (exact) mass is 429 g/mol. The molecule has 3 aromatic rings. The van der Waals surface area contributed by atoms with Gasteiger partial charge in [0.15, 0.2) is 4.34 Å². The van der Waals surface area contributed by atoms with Crippen molar-refractivity contribution in [1.29, 1.82) is 0 Å². The Hall–Kier alpha value is -1.97. The molecule has 0 spiro atoms. The van der Waals surface area contributed by atoms with Crippen LogP contribution in [0.3, 0.4) is 0 Å². The molecule has 1 amide bonds. The van der Waals surface area contributed by atoms with E-state index in [1.54, 1.807) is 11.3 Å². The van der Waals surface area contributed by atoms with Crippen LogP contribution in [-0.2, 0) is 11.2 Å². The molecule has 9 heteroatoms. The average molecular weight is 430 g/mol. The lowest BCUT2D eigenvalue weighted by atomic mass is 10.1. The summed E-state index contributed by atoms with van der Waals surface area (Å²) in [5.74, 6) is 0.498. The number of anilines is 2. The normalized spacial score (nSPS) is 15.7. The maximum absolute atomic E-state index is 12.8. The van der Waals surface area contributed by atoms with Crippen LogP contribution in [0.4, 0.5) is 10.8 Å². The molecule has 3 heterocycles. The van der Waals surface area contributed by atoms with Gasteiger partial charge in [0.1, 0.15) is 0 Å². The van der Waals surface area contributed by atoms with E-state index in [1.807, 2.05) is 11.8 Å². The molecule has 0 saturated heterocycles. The molecule has 6 nitrogen and oxygen atoms in total. The number of rotatable bonds is 6. The molecule has 28 heavy (non-hydrogen) atoms. The number of fused-ring (bicyclic) bond motifs is 1. The molecule has 5 rings (SSSR count). The van der Waals surface area contributed by atoms with Crippen LogP contribution in [-0.4, -0.2) is 39.4 Å². The van der Waals surface area contributed by atoms with Gasteiger partial charge in [-0.25, -0.2) is 4.98 Å². The van der Waals surface area contributed by atoms with Gasteiger partial charge in [-0.05, 0) is 43.9 Å². The van der Waals surface area contributed by atoms with Crippen LogP contribution < -0.4 is 10.2 Å². The van der Waals surface area contributed by atoms with Crippen molar-refractivity contribution in [3.05, 3.63) is 34.2 Å². The fourth-order valence-corrected chi connectivity index (χ4v) is 5.57. The first-order valence-electron chi connectivity index (χ1n) is 9.24. The van der Waals surface area contributed by atoms with Crippen LogP contribution in [0.15, 0.2) is 27.9 Å². The number of thiazole rings is 1. The Kier molecular flexibility index (Phi) is 4.82. The van der Waals surface area contributed by atoms with Crippen molar-refractivity contribution in [2.45, 2.75) is 36.6 Å². The van der Waals surface area contributed by atoms with Crippen molar-refractivity contribution in [1.82, 2.24) is 15.2 Å². The molecule has 2 aliphatic rings. The second kappa shape index (κ2) is 7.46. The highest BCUT2D eigenvalue weighted by Crippen LogP contribution is 2.34. The van der Waals surface area contributed by atoms with Gasteiger partial charge in [-0.1, -0.05) is 29.2 Å². The number of nitrogens with zero attached hydrogens (tertiary/aromatic N) is 4. The summed E-state index contributed by atoms with van der Waals surface area (Å²) in [6.45, 7) is 2.75. The molecule has 0 radical (unpaired) electrons. The highest BCUT2D eigenvalue weighted by Gasteiger charge is 2.26. The fourth-order valence-electron chi connectivity index (χ4n) is 3.25. The van der Waals surface area contributed by atoms with E-state index in [4.69, 9.17) is 0 Å². The topological polar surface area (TPSA) is 71.0 Å². The molecule has 1 aromatic carbocycles. The molecule has 0 bridgehead atoms. The van der Waals surface area contributed by atoms with Gasteiger partial charge in [-0.3, -0.25) is 4.79 Å². The summed E-state index contributed by atoms with van der Waals surface area (Å²) >= 11 is 4.65. The summed E-state index contributed by atoms with van der Waals surface area (Å²) in [5.41, 5.74) is 4.37. The summed E-state index contributed by atoms with van der Waals surface area (Å²) in [6, 6.07) is 6.85. The molecule has 1 N–H and O–H groups in total. The highest BCUT2D eigenvalue weighted by atomic mass is 32.2. The zero-order valence-corrected chi connectivity index (χ0v) is 17.8. The van der Waals surface area contributed by atoms with E-state index < -0.39 is 0 Å². The largest absolute Gasteiger partial charge is 0.357 e. The molecule has 1 aliphatic heterocycles. The van der Waals surface area contributed by atoms with E-state index in [2.05, 4.69) is 44.1 Å². The van der Waals surface area contributed by atoms with Crippen LogP contribution in [0.1, 0.15) is 23.4 Å². The van der Waals surface area contributed by atoms with Gasteiger partial charge in [0.05, 0.1) is 16.5 Å². The Bertz CT molecular complexity index is 1030. The first kappa shape index (κ1) is 18.1. The lowest BCUT2D eigenvalue weighted by Crippen LogP contribution is -2.30. The second-order valence-electron chi connectivity index (χ2n) is 6.97. The van der Waals surface area contributed by atoms with Crippen LogP contribution in [0, 0.1) is 6.92 Å². The molecule has 144 valence electrons. The van der Waals surface area contributed by atoms with Gasteiger partial charge in [-0.15, -0.1) is 21.5 Å². The quantitative estimate of drug-likeness (QED) is 0.592. The van der Waals surface area contributed by atoms with Gasteiger partial charge in [-0.2, -0.15) is 0 Å². The third kappa shape index (κ3) is 3.78. The fraction of sp³-hybridized carbons (Fsp3) is 0.368. The van der Waals surface area contributed by atoms with Gasteiger partial charge >= 0.3 is 0 Å². The number of aromatic nitrogens is 3. The Morgan fingerprint density at radius 3 is 3.04 bits per heavy atom. The van der Waals surface area contributed by atoms with Crippen molar-refractivity contribution in [2.24, 2.45) is 0 Å². The SMILES string of the molecule is Cc1nc(-c2ccc3c(c2)CCN3C(=O)CSc2nnc(NC3CC3)s2)cs1.